The minimum atomic E-state index is -3.63. The maximum atomic E-state index is 12.1. The molecule has 0 atom stereocenters. The van der Waals surface area contributed by atoms with E-state index in [0.717, 1.165) is 29.7 Å². The summed E-state index contributed by atoms with van der Waals surface area (Å²) in [6.45, 7) is 3.34. The highest BCUT2D eigenvalue weighted by atomic mass is 32.2. The van der Waals surface area contributed by atoms with Crippen molar-refractivity contribution in [2.75, 3.05) is 50.6 Å². The summed E-state index contributed by atoms with van der Waals surface area (Å²) in [4.78, 5) is 12.8. The predicted octanol–water partition coefficient (Wildman–Crippen LogP) is 1.16. The smallest absolute Gasteiger partial charge is 0.305 e. The molecule has 1 aromatic carbocycles. The van der Waals surface area contributed by atoms with Gasteiger partial charge in [-0.2, -0.15) is 8.42 Å². The molecule has 2 heterocycles. The molecule has 0 radical (unpaired) electrons. The van der Waals surface area contributed by atoms with E-state index in [0.29, 0.717) is 26.3 Å². The van der Waals surface area contributed by atoms with E-state index in [-0.39, 0.29) is 18.9 Å². The van der Waals surface area contributed by atoms with Gasteiger partial charge in [0.2, 0.25) is 0 Å². The van der Waals surface area contributed by atoms with Gasteiger partial charge in [-0.1, -0.05) is 6.07 Å². The van der Waals surface area contributed by atoms with Crippen LogP contribution in [0.4, 0.5) is 5.69 Å². The molecule has 1 saturated heterocycles. The number of nitrogens with zero attached hydrogens (tertiary/aromatic N) is 2. The van der Waals surface area contributed by atoms with Crippen molar-refractivity contribution in [2.24, 2.45) is 0 Å². The molecule has 0 amide bonds. The second-order valence-electron chi connectivity index (χ2n) is 6.55. The Morgan fingerprint density at radius 3 is 2.75 bits per heavy atom. The third kappa shape index (κ3) is 5.68. The number of nitrogens with one attached hydrogen (secondary N) is 1. The van der Waals surface area contributed by atoms with Crippen molar-refractivity contribution in [3.8, 4) is 0 Å². The summed E-state index contributed by atoms with van der Waals surface area (Å²) in [6.07, 6.45) is 1.85. The third-order valence-corrected chi connectivity index (χ3v) is 5.80. The number of carboxylic acids is 1. The summed E-state index contributed by atoms with van der Waals surface area (Å²) in [7, 11) is -3.63. The Morgan fingerprint density at radius 1 is 1.21 bits per heavy atom. The Labute approximate surface area is 164 Å². The number of hydrogen-bond acceptors (Lipinski definition) is 7. The number of rotatable bonds is 10. The van der Waals surface area contributed by atoms with Crippen LogP contribution in [0.25, 0.3) is 10.9 Å². The molecule has 10 heteroatoms. The zero-order valence-electron chi connectivity index (χ0n) is 15.5. The number of aryl methyl sites for hydroxylation is 1. The van der Waals surface area contributed by atoms with Gasteiger partial charge < -0.3 is 19.7 Å². The number of carboxylic acid groups (broad SMARTS) is 1. The molecule has 0 saturated carbocycles. The van der Waals surface area contributed by atoms with E-state index in [1.807, 2.05) is 39.9 Å². The first-order valence-corrected chi connectivity index (χ1v) is 10.7. The predicted molar refractivity (Wildman–Crippen MR) is 105 cm³/mol. The molecule has 9 nitrogen and oxygen atoms in total. The number of hydrogen-bond donors (Lipinski definition) is 2. The molecule has 1 aliphatic rings. The van der Waals surface area contributed by atoms with Crippen molar-refractivity contribution < 1.29 is 27.2 Å². The van der Waals surface area contributed by atoms with Gasteiger partial charge in [0.05, 0.1) is 30.9 Å². The lowest BCUT2D eigenvalue weighted by Gasteiger charge is -2.26. The summed E-state index contributed by atoms with van der Waals surface area (Å²) in [6, 6.07) is 7.41. The molecular weight excluding hydrogens is 386 g/mol. The highest BCUT2D eigenvalue weighted by Gasteiger charge is 2.16. The summed E-state index contributed by atoms with van der Waals surface area (Å²) in [5, 5.41) is 12.7. The Kier molecular flexibility index (Phi) is 6.89. The van der Waals surface area contributed by atoms with Gasteiger partial charge in [-0.15, -0.1) is 0 Å². The number of ether oxygens (including phenoxy) is 1. The van der Waals surface area contributed by atoms with Gasteiger partial charge in [0, 0.05) is 43.4 Å². The minimum Gasteiger partial charge on any atom is -0.481 e. The fourth-order valence-corrected chi connectivity index (χ4v) is 3.95. The van der Waals surface area contributed by atoms with Crippen molar-refractivity contribution >= 4 is 32.7 Å². The zero-order valence-corrected chi connectivity index (χ0v) is 16.4. The zero-order chi connectivity index (χ0) is 20.0. The average molecular weight is 411 g/mol. The molecule has 28 heavy (non-hydrogen) atoms. The third-order valence-electron chi connectivity index (χ3n) is 4.64. The Hall–Kier alpha value is -2.14. The van der Waals surface area contributed by atoms with Crippen LogP contribution < -0.4 is 5.32 Å². The van der Waals surface area contributed by atoms with E-state index in [4.69, 9.17) is 14.0 Å². The van der Waals surface area contributed by atoms with Crippen LogP contribution in [-0.2, 0) is 30.4 Å². The fourth-order valence-electron chi connectivity index (χ4n) is 3.11. The Balaban J connectivity index is 1.53. The van der Waals surface area contributed by atoms with Gasteiger partial charge in [0.1, 0.15) is 6.73 Å². The second-order valence-corrected chi connectivity index (χ2v) is 8.31. The van der Waals surface area contributed by atoms with E-state index in [2.05, 4.69) is 5.32 Å². The van der Waals surface area contributed by atoms with E-state index in [9.17, 15) is 13.2 Å². The van der Waals surface area contributed by atoms with Crippen LogP contribution in [0.15, 0.2) is 30.5 Å². The van der Waals surface area contributed by atoms with E-state index >= 15 is 0 Å². The fraction of sp³-hybridized carbons (Fsp3) is 0.500. The number of aromatic nitrogens is 1. The average Bonchev–Trinajstić information content (AvgIpc) is 3.10. The topological polar surface area (TPSA) is 110 Å². The molecule has 1 aromatic heterocycles. The van der Waals surface area contributed by atoms with Crippen LogP contribution in [0, 0.1) is 0 Å². The van der Waals surface area contributed by atoms with E-state index in [1.165, 1.54) is 0 Å². The van der Waals surface area contributed by atoms with Crippen LogP contribution in [0.3, 0.4) is 0 Å². The van der Waals surface area contributed by atoms with Gasteiger partial charge in [-0.3, -0.25) is 9.69 Å². The lowest BCUT2D eigenvalue weighted by molar-refractivity contribution is -0.137. The first kappa shape index (κ1) is 20.6. The summed E-state index contributed by atoms with van der Waals surface area (Å²) in [5.41, 5.74) is 1.61. The van der Waals surface area contributed by atoms with Crippen LogP contribution in [0.2, 0.25) is 0 Å². The molecule has 0 unspecified atom stereocenters. The maximum absolute atomic E-state index is 12.1. The first-order chi connectivity index (χ1) is 13.4. The number of fused-ring (bicyclic) bond motifs is 1. The molecule has 1 fully saturated rings. The molecular formula is C18H25N3O6S. The largest absolute Gasteiger partial charge is 0.481 e. The molecule has 2 N–H and O–H groups in total. The monoisotopic (exact) mass is 411 g/mol. The standard InChI is InChI=1S/C18H25N3O6S/c22-18(23)5-7-21-6-4-15-16(2-1-3-17(15)21)19-14-27-28(24,25)13-10-20-8-11-26-12-9-20/h1-4,6,19H,5,7-14H2,(H,22,23). The summed E-state index contributed by atoms with van der Waals surface area (Å²) < 4.78 is 36.4. The van der Waals surface area contributed by atoms with Crippen LogP contribution in [0.1, 0.15) is 6.42 Å². The van der Waals surface area contributed by atoms with Crippen molar-refractivity contribution in [1.82, 2.24) is 9.47 Å². The molecule has 1 aliphatic heterocycles. The first-order valence-electron chi connectivity index (χ1n) is 9.15. The van der Waals surface area contributed by atoms with Crippen LogP contribution >= 0.6 is 0 Å². The number of anilines is 1. The molecule has 154 valence electrons. The lowest BCUT2D eigenvalue weighted by atomic mass is 10.2. The SMILES string of the molecule is O=C(O)CCn1ccc2c(NCOS(=O)(=O)CCN3CCOCC3)cccc21. The van der Waals surface area contributed by atoms with Crippen molar-refractivity contribution in [3.63, 3.8) is 0 Å². The number of morpholine rings is 1. The molecule has 0 aliphatic carbocycles. The highest BCUT2D eigenvalue weighted by molar-refractivity contribution is 7.86. The number of aliphatic carboxylic acids is 1. The normalized spacial score (nSPS) is 15.7. The maximum Gasteiger partial charge on any atom is 0.305 e. The van der Waals surface area contributed by atoms with Gasteiger partial charge >= 0.3 is 5.97 Å². The van der Waals surface area contributed by atoms with Gasteiger partial charge in [-0.05, 0) is 18.2 Å². The Morgan fingerprint density at radius 2 is 2.00 bits per heavy atom. The van der Waals surface area contributed by atoms with Crippen LogP contribution in [0.5, 0.6) is 0 Å². The summed E-state index contributed by atoms with van der Waals surface area (Å²) >= 11 is 0. The molecule has 0 bridgehead atoms. The number of benzene rings is 1. The highest BCUT2D eigenvalue weighted by Crippen LogP contribution is 2.24. The number of carbonyl (C=O) groups is 1. The van der Waals surface area contributed by atoms with Crippen molar-refractivity contribution in [1.29, 1.82) is 0 Å². The van der Waals surface area contributed by atoms with Gasteiger partial charge in [0.15, 0.2) is 0 Å². The Bertz CT molecular complexity index is 905. The van der Waals surface area contributed by atoms with E-state index in [1.54, 1.807) is 0 Å². The summed E-state index contributed by atoms with van der Waals surface area (Å²) in [5.74, 6) is -0.920. The minimum absolute atomic E-state index is 0.0337. The molecule has 0 spiro atoms. The molecule has 3 rings (SSSR count). The van der Waals surface area contributed by atoms with Gasteiger partial charge in [0.25, 0.3) is 10.1 Å². The van der Waals surface area contributed by atoms with E-state index < -0.39 is 16.1 Å². The van der Waals surface area contributed by atoms with Crippen molar-refractivity contribution in [2.45, 2.75) is 13.0 Å². The lowest BCUT2D eigenvalue weighted by Crippen LogP contribution is -2.39. The second kappa shape index (κ2) is 9.37. The van der Waals surface area contributed by atoms with Crippen molar-refractivity contribution in [3.05, 3.63) is 30.5 Å². The van der Waals surface area contributed by atoms with Gasteiger partial charge in [-0.25, -0.2) is 4.18 Å². The van der Waals surface area contributed by atoms with Crippen LogP contribution in [-0.4, -0.2) is 74.3 Å². The quantitative estimate of drug-likeness (QED) is 0.443. The molecule has 2 aromatic rings.